The summed E-state index contributed by atoms with van der Waals surface area (Å²) in [5.74, 6) is 2.04. The Hall–Kier alpha value is -2.65. The summed E-state index contributed by atoms with van der Waals surface area (Å²) in [6, 6.07) is 7.55. The number of nitrogens with zero attached hydrogens (tertiary/aromatic N) is 6. The molecule has 26 heavy (non-hydrogen) atoms. The lowest BCUT2D eigenvalue weighted by atomic mass is 10.3. The van der Waals surface area contributed by atoms with Crippen LogP contribution in [0, 0.1) is 5.92 Å². The van der Waals surface area contributed by atoms with Gasteiger partial charge in [-0.1, -0.05) is 22.4 Å². The molecule has 0 bridgehead atoms. The second-order valence-corrected chi connectivity index (χ2v) is 8.42. The molecule has 1 saturated carbocycles. The van der Waals surface area contributed by atoms with Crippen LogP contribution in [0.4, 0.5) is 5.82 Å². The fraction of sp³-hybridized carbons (Fsp3) is 0.294. The number of aromatic nitrogens is 5. The molecule has 1 aliphatic carbocycles. The number of hydrogen-bond donors (Lipinski definition) is 2. The maximum Gasteiger partial charge on any atom is 0.162 e. The lowest BCUT2D eigenvalue weighted by Gasteiger charge is -2.24. The standard InChI is InChI=1S/C17H18N6O2S/c1-25-13-4-2-3-12(7-13)22-9-14(20-21-22)17(24)26-16(11-5-6-11)19-15-8-18-10-23(15)26/h2-4,7-11,17,24,26H,5-6H2,1H3. The van der Waals surface area contributed by atoms with E-state index in [1.54, 1.807) is 30.5 Å². The molecular weight excluding hydrogens is 352 g/mol. The van der Waals surface area contributed by atoms with Crippen LogP contribution in [0.25, 0.3) is 5.69 Å². The topological polar surface area (TPSA) is 90.3 Å². The Balaban J connectivity index is 1.47. The molecule has 1 N–H and O–H groups in total. The number of thiol groups is 1. The molecule has 2 unspecified atom stereocenters. The summed E-state index contributed by atoms with van der Waals surface area (Å²) in [5, 5.41) is 20.5. The molecule has 8 nitrogen and oxygen atoms in total. The summed E-state index contributed by atoms with van der Waals surface area (Å²) >= 11 is -1.05. The number of rotatable bonds is 5. The van der Waals surface area contributed by atoms with Gasteiger partial charge >= 0.3 is 0 Å². The lowest BCUT2D eigenvalue weighted by molar-refractivity contribution is 0.263. The number of fused-ring (bicyclic) bond motifs is 1. The molecule has 2 atom stereocenters. The molecule has 0 radical (unpaired) electrons. The van der Waals surface area contributed by atoms with E-state index in [1.165, 1.54) is 0 Å². The first-order valence-electron chi connectivity index (χ1n) is 8.40. The normalized spacial score (nSPS) is 21.3. The number of imidazole rings is 1. The molecule has 134 valence electrons. The molecule has 1 aromatic carbocycles. The smallest absolute Gasteiger partial charge is 0.162 e. The molecular formula is C17H18N6O2S. The quantitative estimate of drug-likeness (QED) is 0.673. The average molecular weight is 370 g/mol. The highest BCUT2D eigenvalue weighted by Gasteiger charge is 2.40. The first kappa shape index (κ1) is 15.6. The second-order valence-electron chi connectivity index (χ2n) is 6.35. The van der Waals surface area contributed by atoms with Crippen molar-refractivity contribution in [2.45, 2.75) is 18.3 Å². The van der Waals surface area contributed by atoms with Gasteiger partial charge in [0.1, 0.15) is 23.2 Å². The molecule has 3 aromatic rings. The molecule has 0 spiro atoms. The molecule has 2 aliphatic rings. The molecule has 9 heteroatoms. The van der Waals surface area contributed by atoms with Crippen molar-refractivity contribution in [1.29, 1.82) is 0 Å². The average Bonchev–Trinajstić information content (AvgIpc) is 3.09. The van der Waals surface area contributed by atoms with Crippen LogP contribution >= 0.6 is 11.1 Å². The Bertz CT molecular complexity index is 993. The van der Waals surface area contributed by atoms with Crippen molar-refractivity contribution in [3.05, 3.63) is 48.7 Å². The summed E-state index contributed by atoms with van der Waals surface area (Å²) in [4.78, 5) is 8.87. The Morgan fingerprint density at radius 3 is 3.04 bits per heavy atom. The Kier molecular flexibility index (Phi) is 3.57. The first-order chi connectivity index (χ1) is 12.7. The van der Waals surface area contributed by atoms with E-state index in [2.05, 4.69) is 15.3 Å². The monoisotopic (exact) mass is 370 g/mol. The van der Waals surface area contributed by atoms with Gasteiger partial charge in [-0.3, -0.25) is 3.97 Å². The number of aliphatic hydroxyl groups is 1. The van der Waals surface area contributed by atoms with E-state index in [0.717, 1.165) is 35.1 Å². The van der Waals surface area contributed by atoms with Crippen LogP contribution in [0.2, 0.25) is 0 Å². The predicted octanol–water partition coefficient (Wildman–Crippen LogP) is 2.38. The highest BCUT2D eigenvalue weighted by Crippen LogP contribution is 2.55. The van der Waals surface area contributed by atoms with E-state index in [1.807, 2.05) is 28.2 Å². The van der Waals surface area contributed by atoms with Gasteiger partial charge in [0.05, 0.1) is 30.2 Å². The summed E-state index contributed by atoms with van der Waals surface area (Å²) in [5.41, 5.74) is 0.599. The number of methoxy groups -OCH3 is 1. The fourth-order valence-corrected chi connectivity index (χ4v) is 5.47. The minimum Gasteiger partial charge on any atom is -0.497 e. The van der Waals surface area contributed by atoms with Crippen LogP contribution in [-0.2, 0) is 0 Å². The molecule has 2 aromatic heterocycles. The summed E-state index contributed by atoms with van der Waals surface area (Å²) in [6.07, 6.45) is 7.53. The third-order valence-corrected chi connectivity index (χ3v) is 7.00. The largest absolute Gasteiger partial charge is 0.497 e. The third-order valence-electron chi connectivity index (χ3n) is 4.56. The number of benzene rings is 1. The SMILES string of the molecule is COc1cccc(-n2cc(C(O)[SH]3C(C4CC4)=Nc4cncn43)nn2)c1. The maximum atomic E-state index is 11.1. The fourth-order valence-electron chi connectivity index (χ4n) is 3.07. The first-order valence-corrected chi connectivity index (χ1v) is 9.76. The van der Waals surface area contributed by atoms with E-state index in [4.69, 9.17) is 9.73 Å². The van der Waals surface area contributed by atoms with Gasteiger partial charge in [-0.2, -0.15) is 0 Å². The molecule has 1 aliphatic heterocycles. The molecule has 1 fully saturated rings. The number of aliphatic hydroxyl groups excluding tert-OH is 1. The zero-order valence-electron chi connectivity index (χ0n) is 14.1. The summed E-state index contributed by atoms with van der Waals surface area (Å²) < 4.78 is 8.89. The van der Waals surface area contributed by atoms with Gasteiger partial charge in [0.2, 0.25) is 0 Å². The van der Waals surface area contributed by atoms with Crippen molar-refractivity contribution >= 4 is 21.9 Å². The zero-order valence-corrected chi connectivity index (χ0v) is 15.0. The minimum atomic E-state index is -1.05. The van der Waals surface area contributed by atoms with Gasteiger partial charge in [0.15, 0.2) is 5.82 Å². The Morgan fingerprint density at radius 1 is 1.35 bits per heavy atom. The lowest BCUT2D eigenvalue weighted by Crippen LogP contribution is -2.12. The number of aliphatic imine (C=N–C) groups is 1. The van der Waals surface area contributed by atoms with Gasteiger partial charge in [0.25, 0.3) is 0 Å². The summed E-state index contributed by atoms with van der Waals surface area (Å²) in [7, 11) is 1.62. The predicted molar refractivity (Wildman–Crippen MR) is 99.3 cm³/mol. The zero-order chi connectivity index (χ0) is 17.7. The number of hydrogen-bond acceptors (Lipinski definition) is 6. The maximum absolute atomic E-state index is 11.1. The molecule has 5 rings (SSSR count). The van der Waals surface area contributed by atoms with E-state index in [0.29, 0.717) is 11.6 Å². The van der Waals surface area contributed by atoms with Crippen LogP contribution in [0.5, 0.6) is 5.75 Å². The summed E-state index contributed by atoms with van der Waals surface area (Å²) in [6.45, 7) is 0. The highest BCUT2D eigenvalue weighted by atomic mass is 32.2. The van der Waals surface area contributed by atoms with Crippen molar-refractivity contribution < 1.29 is 9.84 Å². The van der Waals surface area contributed by atoms with Crippen LogP contribution in [-0.4, -0.2) is 41.2 Å². The van der Waals surface area contributed by atoms with E-state index < -0.39 is 16.5 Å². The van der Waals surface area contributed by atoms with Crippen LogP contribution in [0.15, 0.2) is 48.0 Å². The second kappa shape index (κ2) is 5.96. The van der Waals surface area contributed by atoms with Crippen LogP contribution < -0.4 is 4.74 Å². The molecule has 0 amide bonds. The highest BCUT2D eigenvalue weighted by molar-refractivity contribution is 8.29. The number of ether oxygens (including phenoxy) is 1. The van der Waals surface area contributed by atoms with Crippen LogP contribution in [0.3, 0.4) is 0 Å². The molecule has 3 heterocycles. The Labute approximate surface area is 152 Å². The van der Waals surface area contributed by atoms with E-state index in [9.17, 15) is 5.11 Å². The van der Waals surface area contributed by atoms with Gasteiger partial charge in [0, 0.05) is 12.0 Å². The van der Waals surface area contributed by atoms with Crippen molar-refractivity contribution in [3.8, 4) is 11.4 Å². The van der Waals surface area contributed by atoms with E-state index >= 15 is 0 Å². The minimum absolute atomic E-state index is 0.476. The van der Waals surface area contributed by atoms with Crippen molar-refractivity contribution in [2.75, 3.05) is 7.11 Å². The van der Waals surface area contributed by atoms with Crippen molar-refractivity contribution in [1.82, 2.24) is 24.0 Å². The molecule has 0 saturated heterocycles. The van der Waals surface area contributed by atoms with Gasteiger partial charge < -0.3 is 9.84 Å². The van der Waals surface area contributed by atoms with Crippen molar-refractivity contribution in [2.24, 2.45) is 10.9 Å². The Morgan fingerprint density at radius 2 is 2.23 bits per heavy atom. The van der Waals surface area contributed by atoms with E-state index in [-0.39, 0.29) is 0 Å². The van der Waals surface area contributed by atoms with Gasteiger partial charge in [-0.05, 0) is 25.0 Å². The van der Waals surface area contributed by atoms with Crippen LogP contribution in [0.1, 0.15) is 24.0 Å². The van der Waals surface area contributed by atoms with Gasteiger partial charge in [-0.15, -0.1) is 5.10 Å². The van der Waals surface area contributed by atoms with Gasteiger partial charge in [-0.25, -0.2) is 14.7 Å². The third kappa shape index (κ3) is 2.51. The van der Waals surface area contributed by atoms with Crippen molar-refractivity contribution in [3.63, 3.8) is 0 Å².